The predicted molar refractivity (Wildman–Crippen MR) is 84.4 cm³/mol. The molecule has 1 fully saturated rings. The molecule has 21 heavy (non-hydrogen) atoms. The zero-order valence-electron chi connectivity index (χ0n) is 12.3. The number of aliphatic hydroxyl groups is 1. The van der Waals surface area contributed by atoms with Crippen LogP contribution >= 0.6 is 0 Å². The zero-order valence-corrected chi connectivity index (χ0v) is 12.3. The van der Waals surface area contributed by atoms with Crippen molar-refractivity contribution in [3.8, 4) is 16.9 Å². The molecule has 0 radical (unpaired) electrons. The highest BCUT2D eigenvalue weighted by atomic mass is 16.5. The fraction of sp³-hybridized carbons (Fsp3) is 0.333. The molecule has 1 aliphatic rings. The molecule has 0 bridgehead atoms. The van der Waals surface area contributed by atoms with Gasteiger partial charge in [0, 0.05) is 12.6 Å². The van der Waals surface area contributed by atoms with Crippen molar-refractivity contribution in [2.24, 2.45) is 0 Å². The molecule has 1 atom stereocenters. The van der Waals surface area contributed by atoms with E-state index in [1.165, 1.54) is 12.8 Å². The molecule has 1 aliphatic carbocycles. The summed E-state index contributed by atoms with van der Waals surface area (Å²) >= 11 is 0. The van der Waals surface area contributed by atoms with Crippen molar-refractivity contribution in [1.29, 1.82) is 0 Å². The molecule has 3 rings (SSSR count). The van der Waals surface area contributed by atoms with E-state index < -0.39 is 6.10 Å². The van der Waals surface area contributed by atoms with Crippen LogP contribution < -0.4 is 10.1 Å². The molecule has 1 saturated carbocycles. The molecule has 3 nitrogen and oxygen atoms in total. The van der Waals surface area contributed by atoms with Gasteiger partial charge in [0.25, 0.3) is 0 Å². The largest absolute Gasteiger partial charge is 0.497 e. The Bertz CT molecular complexity index is 573. The first-order valence-electron chi connectivity index (χ1n) is 7.42. The molecule has 0 amide bonds. The third-order valence-electron chi connectivity index (χ3n) is 3.90. The molecule has 0 saturated heterocycles. The lowest BCUT2D eigenvalue weighted by molar-refractivity contribution is 0.174. The van der Waals surface area contributed by atoms with Crippen molar-refractivity contribution in [2.45, 2.75) is 25.0 Å². The second-order valence-electron chi connectivity index (χ2n) is 5.55. The SMILES string of the molecule is COc1ccc(-c2ccc(C(O)CNC3CC3)cc2)cc1. The number of ether oxygens (including phenoxy) is 1. The molecule has 2 N–H and O–H groups in total. The van der Waals surface area contributed by atoms with Gasteiger partial charge in [-0.3, -0.25) is 0 Å². The van der Waals surface area contributed by atoms with Crippen LogP contribution in [0.1, 0.15) is 24.5 Å². The van der Waals surface area contributed by atoms with Crippen molar-refractivity contribution in [1.82, 2.24) is 5.32 Å². The maximum absolute atomic E-state index is 10.1. The normalized spacial score (nSPS) is 15.7. The standard InChI is InChI=1S/C18H21NO2/c1-21-17-10-6-14(7-11-17)13-2-4-15(5-3-13)18(20)12-19-16-8-9-16/h2-7,10-11,16,18-20H,8-9,12H2,1H3. The van der Waals surface area contributed by atoms with E-state index in [0.29, 0.717) is 12.6 Å². The van der Waals surface area contributed by atoms with Gasteiger partial charge in [0.15, 0.2) is 0 Å². The van der Waals surface area contributed by atoms with Crippen molar-refractivity contribution in [3.05, 3.63) is 54.1 Å². The highest BCUT2D eigenvalue weighted by Gasteiger charge is 2.21. The number of nitrogens with one attached hydrogen (secondary N) is 1. The van der Waals surface area contributed by atoms with Crippen LogP contribution in [0.15, 0.2) is 48.5 Å². The van der Waals surface area contributed by atoms with Crippen LogP contribution in [-0.4, -0.2) is 24.8 Å². The van der Waals surface area contributed by atoms with Gasteiger partial charge < -0.3 is 15.2 Å². The van der Waals surface area contributed by atoms with Crippen LogP contribution in [0, 0.1) is 0 Å². The Kier molecular flexibility index (Phi) is 4.23. The topological polar surface area (TPSA) is 41.5 Å². The van der Waals surface area contributed by atoms with Gasteiger partial charge in [-0.15, -0.1) is 0 Å². The highest BCUT2D eigenvalue weighted by Crippen LogP contribution is 2.25. The van der Waals surface area contributed by atoms with Gasteiger partial charge in [0.05, 0.1) is 13.2 Å². The zero-order chi connectivity index (χ0) is 14.7. The number of benzene rings is 2. The number of hydrogen-bond donors (Lipinski definition) is 2. The maximum atomic E-state index is 10.1. The van der Waals surface area contributed by atoms with Crippen LogP contribution in [0.2, 0.25) is 0 Å². The monoisotopic (exact) mass is 283 g/mol. The van der Waals surface area contributed by atoms with Gasteiger partial charge in [-0.05, 0) is 41.7 Å². The molecule has 110 valence electrons. The average molecular weight is 283 g/mol. The molecule has 0 spiro atoms. The van der Waals surface area contributed by atoms with Crippen LogP contribution in [0.3, 0.4) is 0 Å². The summed E-state index contributed by atoms with van der Waals surface area (Å²) in [6.07, 6.45) is 2.04. The number of hydrogen-bond acceptors (Lipinski definition) is 3. The fourth-order valence-corrected chi connectivity index (χ4v) is 2.36. The minimum absolute atomic E-state index is 0.435. The smallest absolute Gasteiger partial charge is 0.118 e. The third-order valence-corrected chi connectivity index (χ3v) is 3.90. The summed E-state index contributed by atoms with van der Waals surface area (Å²) in [6, 6.07) is 16.7. The lowest BCUT2D eigenvalue weighted by Gasteiger charge is -2.12. The van der Waals surface area contributed by atoms with Crippen LogP contribution in [0.4, 0.5) is 0 Å². The van der Waals surface area contributed by atoms with E-state index in [0.717, 1.165) is 22.4 Å². The van der Waals surface area contributed by atoms with Gasteiger partial charge in [0.1, 0.15) is 5.75 Å². The highest BCUT2D eigenvalue weighted by molar-refractivity contribution is 5.64. The fourth-order valence-electron chi connectivity index (χ4n) is 2.36. The predicted octanol–water partition coefficient (Wildman–Crippen LogP) is 3.15. The summed E-state index contributed by atoms with van der Waals surface area (Å²) in [4.78, 5) is 0. The van der Waals surface area contributed by atoms with Crippen molar-refractivity contribution < 1.29 is 9.84 Å². The summed E-state index contributed by atoms with van der Waals surface area (Å²) in [5, 5.41) is 13.5. The quantitative estimate of drug-likeness (QED) is 0.855. The molecule has 3 heteroatoms. The first-order valence-corrected chi connectivity index (χ1v) is 7.42. The molecule has 0 heterocycles. The van der Waals surface area contributed by atoms with E-state index in [2.05, 4.69) is 17.4 Å². The van der Waals surface area contributed by atoms with Crippen molar-refractivity contribution in [2.75, 3.05) is 13.7 Å². The Labute approximate surface area is 125 Å². The minimum Gasteiger partial charge on any atom is -0.497 e. The second-order valence-corrected chi connectivity index (χ2v) is 5.55. The van der Waals surface area contributed by atoms with E-state index in [1.54, 1.807) is 7.11 Å². The average Bonchev–Trinajstić information content (AvgIpc) is 3.37. The number of aliphatic hydroxyl groups excluding tert-OH is 1. The van der Waals surface area contributed by atoms with Crippen LogP contribution in [0.5, 0.6) is 5.75 Å². The first kappa shape index (κ1) is 14.1. The van der Waals surface area contributed by atoms with Gasteiger partial charge in [-0.25, -0.2) is 0 Å². The van der Waals surface area contributed by atoms with Gasteiger partial charge >= 0.3 is 0 Å². The molecule has 1 unspecified atom stereocenters. The molecule has 2 aromatic carbocycles. The van der Waals surface area contributed by atoms with E-state index in [9.17, 15) is 5.11 Å². The van der Waals surface area contributed by atoms with E-state index >= 15 is 0 Å². The Balaban J connectivity index is 1.67. The minimum atomic E-state index is -0.435. The first-order chi connectivity index (χ1) is 10.3. The van der Waals surface area contributed by atoms with E-state index in [-0.39, 0.29) is 0 Å². The summed E-state index contributed by atoms with van der Waals surface area (Å²) < 4.78 is 5.17. The number of methoxy groups -OCH3 is 1. The van der Waals surface area contributed by atoms with Gasteiger partial charge in [-0.2, -0.15) is 0 Å². The Morgan fingerprint density at radius 2 is 1.62 bits per heavy atom. The van der Waals surface area contributed by atoms with Gasteiger partial charge in [0.2, 0.25) is 0 Å². The summed E-state index contributed by atoms with van der Waals surface area (Å²) in [6.45, 7) is 0.631. The summed E-state index contributed by atoms with van der Waals surface area (Å²) in [7, 11) is 1.67. The van der Waals surface area contributed by atoms with E-state index in [1.807, 2.05) is 36.4 Å². The van der Waals surface area contributed by atoms with Crippen molar-refractivity contribution in [3.63, 3.8) is 0 Å². The summed E-state index contributed by atoms with van der Waals surface area (Å²) in [5.74, 6) is 0.858. The lowest BCUT2D eigenvalue weighted by atomic mass is 10.0. The second kappa shape index (κ2) is 6.29. The Morgan fingerprint density at radius 1 is 1.05 bits per heavy atom. The van der Waals surface area contributed by atoms with Crippen LogP contribution in [-0.2, 0) is 0 Å². The summed E-state index contributed by atoms with van der Waals surface area (Å²) in [5.41, 5.74) is 3.25. The maximum Gasteiger partial charge on any atom is 0.118 e. The Hall–Kier alpha value is -1.84. The molecule has 0 aromatic heterocycles. The molecular formula is C18H21NO2. The third kappa shape index (κ3) is 3.63. The van der Waals surface area contributed by atoms with E-state index in [4.69, 9.17) is 4.74 Å². The molecule has 2 aromatic rings. The van der Waals surface area contributed by atoms with Crippen molar-refractivity contribution >= 4 is 0 Å². The number of rotatable bonds is 6. The Morgan fingerprint density at radius 3 is 2.14 bits per heavy atom. The van der Waals surface area contributed by atoms with Gasteiger partial charge in [-0.1, -0.05) is 36.4 Å². The molecule has 0 aliphatic heterocycles. The van der Waals surface area contributed by atoms with Crippen LogP contribution in [0.25, 0.3) is 11.1 Å². The molecular weight excluding hydrogens is 262 g/mol. The lowest BCUT2D eigenvalue weighted by Crippen LogP contribution is -2.23.